The van der Waals surface area contributed by atoms with E-state index in [0.717, 1.165) is 5.56 Å². The van der Waals surface area contributed by atoms with Crippen LogP contribution in [0.5, 0.6) is 11.5 Å². The van der Waals surface area contributed by atoms with Crippen molar-refractivity contribution in [2.24, 2.45) is 10.9 Å². The second-order valence-corrected chi connectivity index (χ2v) is 8.52. The molecular formula is C26H25N5O4. The third-order valence-corrected chi connectivity index (χ3v) is 5.61. The van der Waals surface area contributed by atoms with E-state index in [-0.39, 0.29) is 33.5 Å². The molecule has 9 nitrogen and oxygen atoms in total. The van der Waals surface area contributed by atoms with Gasteiger partial charge in [-0.3, -0.25) is 14.0 Å². The third kappa shape index (κ3) is 4.26. The number of nitriles is 1. The van der Waals surface area contributed by atoms with E-state index in [0.29, 0.717) is 29.3 Å². The van der Waals surface area contributed by atoms with Gasteiger partial charge in [0.1, 0.15) is 17.4 Å². The Bertz CT molecular complexity index is 1640. The first kappa shape index (κ1) is 23.7. The minimum Gasteiger partial charge on any atom is -0.493 e. The van der Waals surface area contributed by atoms with Crippen LogP contribution in [0.3, 0.4) is 0 Å². The molecule has 0 saturated carbocycles. The molecule has 0 fully saturated rings. The summed E-state index contributed by atoms with van der Waals surface area (Å²) in [6.07, 6.45) is 1.65. The topological polar surface area (TPSA) is 111 Å². The molecule has 0 aliphatic heterocycles. The molecule has 4 aromatic rings. The van der Waals surface area contributed by atoms with Crippen molar-refractivity contribution in [2.45, 2.75) is 27.3 Å². The van der Waals surface area contributed by atoms with Gasteiger partial charge in [-0.15, -0.1) is 0 Å². The average Bonchev–Trinajstić information content (AvgIpc) is 2.85. The molecule has 0 saturated heterocycles. The van der Waals surface area contributed by atoms with Crippen LogP contribution in [0.1, 0.15) is 35.3 Å². The normalized spacial score (nSPS) is 11.7. The number of hydrogen-bond acceptors (Lipinski definition) is 6. The summed E-state index contributed by atoms with van der Waals surface area (Å²) in [6, 6.07) is 11.9. The lowest BCUT2D eigenvalue weighted by molar-refractivity contribution is 0.0996. The Kier molecular flexibility index (Phi) is 6.38. The summed E-state index contributed by atoms with van der Waals surface area (Å²) in [5.41, 5.74) is 1.94. The molecule has 9 heteroatoms. The van der Waals surface area contributed by atoms with E-state index >= 15 is 0 Å². The van der Waals surface area contributed by atoms with Gasteiger partial charge in [-0.2, -0.15) is 10.3 Å². The molecule has 0 bridgehead atoms. The smallest absolute Gasteiger partial charge is 0.279 e. The molecule has 35 heavy (non-hydrogen) atoms. The van der Waals surface area contributed by atoms with Gasteiger partial charge < -0.3 is 14.0 Å². The predicted octanol–water partition coefficient (Wildman–Crippen LogP) is 3.24. The highest BCUT2D eigenvalue weighted by atomic mass is 16.5. The van der Waals surface area contributed by atoms with Crippen molar-refractivity contribution in [3.05, 3.63) is 75.1 Å². The van der Waals surface area contributed by atoms with E-state index in [4.69, 9.17) is 14.5 Å². The third-order valence-electron chi connectivity index (χ3n) is 5.61. The van der Waals surface area contributed by atoms with Crippen molar-refractivity contribution in [1.29, 1.82) is 5.26 Å². The van der Waals surface area contributed by atoms with Gasteiger partial charge in [0, 0.05) is 18.3 Å². The van der Waals surface area contributed by atoms with Crippen LogP contribution in [0.2, 0.25) is 0 Å². The van der Waals surface area contributed by atoms with E-state index in [2.05, 4.69) is 11.1 Å². The summed E-state index contributed by atoms with van der Waals surface area (Å²) in [5, 5.41) is 10.2. The number of ether oxygens (including phenoxy) is 2. The number of pyridine rings is 2. The number of benzene rings is 1. The number of methoxy groups -OCH3 is 2. The standard InChI is InChI=1S/C26H25N5O4/c1-15(2)14-31-23(29-25(32)17-8-9-20(34-4)21(12-17)35-5)18(13-27)11-19-24(31)28-22-16(3)7-6-10-30(22)26(19)33/h6-12,15H,14H2,1-5H3. The molecule has 0 N–H and O–H groups in total. The molecular weight excluding hydrogens is 446 g/mol. The van der Waals surface area contributed by atoms with Crippen LogP contribution in [-0.2, 0) is 6.54 Å². The van der Waals surface area contributed by atoms with Gasteiger partial charge in [0.2, 0.25) is 0 Å². The lowest BCUT2D eigenvalue weighted by Crippen LogP contribution is -2.31. The Hall–Kier alpha value is -4.45. The van der Waals surface area contributed by atoms with Crippen molar-refractivity contribution >= 4 is 22.6 Å². The molecule has 0 spiro atoms. The highest BCUT2D eigenvalue weighted by Gasteiger charge is 2.17. The van der Waals surface area contributed by atoms with Gasteiger partial charge in [0.15, 0.2) is 17.0 Å². The zero-order valence-corrected chi connectivity index (χ0v) is 20.2. The zero-order valence-electron chi connectivity index (χ0n) is 20.2. The lowest BCUT2D eigenvalue weighted by Gasteiger charge is -2.15. The molecule has 0 aliphatic carbocycles. The first-order valence-electron chi connectivity index (χ1n) is 11.1. The van der Waals surface area contributed by atoms with Crippen molar-refractivity contribution in [3.63, 3.8) is 0 Å². The summed E-state index contributed by atoms with van der Waals surface area (Å²) in [4.78, 5) is 35.6. The largest absolute Gasteiger partial charge is 0.493 e. The van der Waals surface area contributed by atoms with Gasteiger partial charge in [-0.25, -0.2) is 4.98 Å². The summed E-state index contributed by atoms with van der Waals surface area (Å²) in [6.45, 7) is 6.27. The van der Waals surface area contributed by atoms with Crippen LogP contribution in [0.25, 0.3) is 16.7 Å². The van der Waals surface area contributed by atoms with E-state index in [1.165, 1.54) is 30.8 Å². The maximum Gasteiger partial charge on any atom is 0.279 e. The molecule has 0 radical (unpaired) electrons. The summed E-state index contributed by atoms with van der Waals surface area (Å²) in [5.74, 6) is 0.431. The second kappa shape index (κ2) is 9.43. The average molecular weight is 472 g/mol. The number of hydrogen-bond donors (Lipinski definition) is 0. The van der Waals surface area contributed by atoms with Crippen LogP contribution in [0.15, 0.2) is 52.4 Å². The second-order valence-electron chi connectivity index (χ2n) is 8.52. The number of nitrogens with zero attached hydrogens (tertiary/aromatic N) is 5. The van der Waals surface area contributed by atoms with Crippen molar-refractivity contribution in [2.75, 3.05) is 14.2 Å². The van der Waals surface area contributed by atoms with Crippen LogP contribution in [-0.4, -0.2) is 34.1 Å². The number of carbonyl (C=O) groups is 1. The minimum atomic E-state index is -0.562. The lowest BCUT2D eigenvalue weighted by atomic mass is 10.1. The van der Waals surface area contributed by atoms with E-state index in [1.807, 2.05) is 26.8 Å². The fourth-order valence-corrected chi connectivity index (χ4v) is 3.96. The van der Waals surface area contributed by atoms with Crippen molar-refractivity contribution < 1.29 is 14.3 Å². The highest BCUT2D eigenvalue weighted by molar-refractivity contribution is 5.95. The fraction of sp³-hybridized carbons (Fsp3) is 0.269. The molecule has 1 aromatic carbocycles. The Balaban J connectivity index is 2.06. The zero-order chi connectivity index (χ0) is 25.3. The molecule has 0 aliphatic rings. The molecule has 0 unspecified atom stereocenters. The fourth-order valence-electron chi connectivity index (χ4n) is 3.96. The van der Waals surface area contributed by atoms with Gasteiger partial charge in [0.05, 0.1) is 25.2 Å². The van der Waals surface area contributed by atoms with Crippen LogP contribution in [0, 0.1) is 24.2 Å². The molecule has 0 atom stereocenters. The monoisotopic (exact) mass is 471 g/mol. The summed E-state index contributed by atoms with van der Waals surface area (Å²) in [7, 11) is 2.99. The van der Waals surface area contributed by atoms with Gasteiger partial charge in [-0.1, -0.05) is 19.9 Å². The first-order chi connectivity index (χ1) is 16.8. The molecule has 3 aromatic heterocycles. The molecule has 4 rings (SSSR count). The van der Waals surface area contributed by atoms with E-state index in [1.54, 1.807) is 29.0 Å². The van der Waals surface area contributed by atoms with Crippen molar-refractivity contribution in [3.8, 4) is 17.6 Å². The van der Waals surface area contributed by atoms with Gasteiger partial charge in [0.25, 0.3) is 11.5 Å². The first-order valence-corrected chi connectivity index (χ1v) is 11.1. The Morgan fingerprint density at radius 1 is 1.14 bits per heavy atom. The predicted molar refractivity (Wildman–Crippen MR) is 131 cm³/mol. The van der Waals surface area contributed by atoms with Crippen LogP contribution >= 0.6 is 0 Å². The van der Waals surface area contributed by atoms with E-state index in [9.17, 15) is 14.9 Å². The Morgan fingerprint density at radius 2 is 1.89 bits per heavy atom. The number of amides is 1. The Labute approximate surface area is 201 Å². The Morgan fingerprint density at radius 3 is 2.54 bits per heavy atom. The van der Waals surface area contributed by atoms with Crippen molar-refractivity contribution in [1.82, 2.24) is 14.0 Å². The maximum atomic E-state index is 13.3. The minimum absolute atomic E-state index is 0.110. The van der Waals surface area contributed by atoms with Gasteiger partial charge >= 0.3 is 0 Å². The van der Waals surface area contributed by atoms with Crippen LogP contribution in [0.4, 0.5) is 0 Å². The van der Waals surface area contributed by atoms with Gasteiger partial charge in [-0.05, 0) is 48.7 Å². The SMILES string of the molecule is COc1ccc(C(=O)N=c2c(C#N)cc3c(=O)n4cccc(C)c4nc3n2CC(C)C)cc1OC. The summed E-state index contributed by atoms with van der Waals surface area (Å²) >= 11 is 0. The molecule has 178 valence electrons. The number of rotatable bonds is 5. The molecule has 3 heterocycles. The number of aryl methyl sites for hydroxylation is 1. The summed E-state index contributed by atoms with van der Waals surface area (Å²) < 4.78 is 13.7. The van der Waals surface area contributed by atoms with E-state index < -0.39 is 5.91 Å². The number of fused-ring (bicyclic) bond motifs is 2. The van der Waals surface area contributed by atoms with Crippen LogP contribution < -0.4 is 20.5 Å². The highest BCUT2D eigenvalue weighted by Crippen LogP contribution is 2.27. The number of aromatic nitrogens is 3. The quantitative estimate of drug-likeness (QED) is 0.413. The maximum absolute atomic E-state index is 13.3. The molecule has 1 amide bonds. The number of carbonyl (C=O) groups excluding carboxylic acids is 1.